The number of aromatic nitrogens is 2. The van der Waals surface area contributed by atoms with Crippen LogP contribution in [0.1, 0.15) is 32.3 Å². The second-order valence-corrected chi connectivity index (χ2v) is 4.58. The van der Waals surface area contributed by atoms with Gasteiger partial charge in [-0.2, -0.15) is 5.10 Å². The number of aliphatic imine (C=N–C) groups is 1. The predicted molar refractivity (Wildman–Crippen MR) is 75.8 cm³/mol. The first-order valence-electron chi connectivity index (χ1n) is 6.60. The largest absolute Gasteiger partial charge is 0.356 e. The molecule has 0 amide bonds. The molecule has 1 atom stereocenters. The van der Waals surface area contributed by atoms with Gasteiger partial charge in [-0.05, 0) is 31.7 Å². The number of guanidine groups is 1. The van der Waals surface area contributed by atoms with E-state index in [2.05, 4.69) is 40.8 Å². The third kappa shape index (κ3) is 5.21. The predicted octanol–water partition coefficient (Wildman–Crippen LogP) is 1.32. The van der Waals surface area contributed by atoms with Crippen LogP contribution in [0.15, 0.2) is 17.4 Å². The molecule has 102 valence electrons. The van der Waals surface area contributed by atoms with Crippen molar-refractivity contribution in [2.24, 2.45) is 12.0 Å². The van der Waals surface area contributed by atoms with Crippen LogP contribution in [0.5, 0.6) is 0 Å². The van der Waals surface area contributed by atoms with E-state index in [4.69, 9.17) is 0 Å². The lowest BCUT2D eigenvalue weighted by atomic mass is 10.2. The highest BCUT2D eigenvalue weighted by atomic mass is 15.2. The Morgan fingerprint density at radius 1 is 1.56 bits per heavy atom. The molecule has 0 aliphatic heterocycles. The first kappa shape index (κ1) is 14.5. The van der Waals surface area contributed by atoms with Crippen molar-refractivity contribution in [1.29, 1.82) is 0 Å². The van der Waals surface area contributed by atoms with Crippen LogP contribution in [-0.4, -0.2) is 35.4 Å². The molecule has 18 heavy (non-hydrogen) atoms. The van der Waals surface area contributed by atoms with E-state index in [1.165, 1.54) is 5.56 Å². The average Bonchev–Trinajstić information content (AvgIpc) is 2.78. The topological polar surface area (TPSA) is 54.2 Å². The van der Waals surface area contributed by atoms with E-state index in [1.54, 1.807) is 7.05 Å². The van der Waals surface area contributed by atoms with Gasteiger partial charge in [0.2, 0.25) is 0 Å². The third-order valence-corrected chi connectivity index (χ3v) is 2.91. The van der Waals surface area contributed by atoms with Crippen LogP contribution in [0.2, 0.25) is 0 Å². The zero-order chi connectivity index (χ0) is 13.4. The molecular weight excluding hydrogens is 226 g/mol. The summed E-state index contributed by atoms with van der Waals surface area (Å²) in [5, 5.41) is 10.8. The van der Waals surface area contributed by atoms with Crippen LogP contribution < -0.4 is 10.6 Å². The Morgan fingerprint density at radius 3 is 2.89 bits per heavy atom. The lowest BCUT2D eigenvalue weighted by Crippen LogP contribution is -2.42. The summed E-state index contributed by atoms with van der Waals surface area (Å²) in [6.45, 7) is 5.24. The van der Waals surface area contributed by atoms with Crippen molar-refractivity contribution in [3.05, 3.63) is 18.0 Å². The Bertz CT molecular complexity index is 369. The van der Waals surface area contributed by atoms with Gasteiger partial charge in [0, 0.05) is 32.9 Å². The first-order valence-corrected chi connectivity index (χ1v) is 6.60. The van der Waals surface area contributed by atoms with Gasteiger partial charge in [-0.15, -0.1) is 0 Å². The van der Waals surface area contributed by atoms with Gasteiger partial charge in [-0.1, -0.05) is 6.92 Å². The molecule has 0 radical (unpaired) electrons. The zero-order valence-corrected chi connectivity index (χ0v) is 11.9. The van der Waals surface area contributed by atoms with Gasteiger partial charge in [-0.3, -0.25) is 9.67 Å². The second-order valence-electron chi connectivity index (χ2n) is 4.58. The summed E-state index contributed by atoms with van der Waals surface area (Å²) in [6, 6.07) is 0.453. The molecular formula is C13H25N5. The van der Waals surface area contributed by atoms with Crippen molar-refractivity contribution >= 4 is 5.96 Å². The highest BCUT2D eigenvalue weighted by Gasteiger charge is 2.02. The molecule has 0 aliphatic rings. The molecule has 0 aliphatic carbocycles. The number of rotatable bonds is 6. The molecule has 2 N–H and O–H groups in total. The standard InChI is InChI=1S/C13H25N5/c1-5-11(2)17-13(14-3)15-8-6-7-12-9-16-18(4)10-12/h9-11H,5-8H2,1-4H3,(H2,14,15,17). The minimum atomic E-state index is 0.453. The van der Waals surface area contributed by atoms with E-state index < -0.39 is 0 Å². The van der Waals surface area contributed by atoms with Gasteiger partial charge in [0.25, 0.3) is 0 Å². The Morgan fingerprint density at radius 2 is 2.33 bits per heavy atom. The second kappa shape index (κ2) is 7.74. The Balaban J connectivity index is 2.20. The number of nitrogens with zero attached hydrogens (tertiary/aromatic N) is 3. The molecule has 0 aromatic carbocycles. The van der Waals surface area contributed by atoms with Crippen molar-refractivity contribution in [2.45, 2.75) is 39.2 Å². The molecule has 5 nitrogen and oxygen atoms in total. The highest BCUT2D eigenvalue weighted by molar-refractivity contribution is 5.79. The van der Waals surface area contributed by atoms with Gasteiger partial charge in [0.15, 0.2) is 5.96 Å². The minimum absolute atomic E-state index is 0.453. The van der Waals surface area contributed by atoms with Gasteiger partial charge < -0.3 is 10.6 Å². The Kier molecular flexibility index (Phi) is 6.25. The summed E-state index contributed by atoms with van der Waals surface area (Å²) < 4.78 is 1.84. The molecule has 0 bridgehead atoms. The summed E-state index contributed by atoms with van der Waals surface area (Å²) in [4.78, 5) is 4.20. The van der Waals surface area contributed by atoms with Crippen LogP contribution in [0.25, 0.3) is 0 Å². The zero-order valence-electron chi connectivity index (χ0n) is 11.9. The van der Waals surface area contributed by atoms with Gasteiger partial charge in [0.1, 0.15) is 0 Å². The van der Waals surface area contributed by atoms with Crippen LogP contribution in [0.3, 0.4) is 0 Å². The number of aryl methyl sites for hydroxylation is 2. The highest BCUT2D eigenvalue weighted by Crippen LogP contribution is 1.99. The fourth-order valence-corrected chi connectivity index (χ4v) is 1.63. The summed E-state index contributed by atoms with van der Waals surface area (Å²) in [5.41, 5.74) is 1.28. The number of hydrogen-bond donors (Lipinski definition) is 2. The Labute approximate surface area is 110 Å². The summed E-state index contributed by atoms with van der Waals surface area (Å²) in [7, 11) is 3.75. The number of nitrogens with one attached hydrogen (secondary N) is 2. The van der Waals surface area contributed by atoms with E-state index in [0.717, 1.165) is 31.8 Å². The molecule has 0 saturated carbocycles. The molecule has 1 rings (SSSR count). The normalized spacial score (nSPS) is 13.4. The average molecular weight is 251 g/mol. The fourth-order valence-electron chi connectivity index (χ4n) is 1.63. The van der Waals surface area contributed by atoms with Gasteiger partial charge >= 0.3 is 0 Å². The molecule has 0 fully saturated rings. The van der Waals surface area contributed by atoms with E-state index >= 15 is 0 Å². The lowest BCUT2D eigenvalue weighted by Gasteiger charge is -2.16. The number of hydrogen-bond acceptors (Lipinski definition) is 2. The summed E-state index contributed by atoms with van der Waals surface area (Å²) in [6.07, 6.45) is 7.20. The molecule has 1 aromatic heterocycles. The lowest BCUT2D eigenvalue weighted by molar-refractivity contribution is 0.620. The quantitative estimate of drug-likeness (QED) is 0.455. The van der Waals surface area contributed by atoms with Gasteiger partial charge in [-0.25, -0.2) is 0 Å². The van der Waals surface area contributed by atoms with E-state index in [0.29, 0.717) is 6.04 Å². The van der Waals surface area contributed by atoms with E-state index in [-0.39, 0.29) is 0 Å². The minimum Gasteiger partial charge on any atom is -0.356 e. The molecule has 5 heteroatoms. The van der Waals surface area contributed by atoms with Crippen LogP contribution in [0, 0.1) is 0 Å². The maximum atomic E-state index is 4.20. The van der Waals surface area contributed by atoms with Crippen molar-refractivity contribution in [1.82, 2.24) is 20.4 Å². The molecule has 0 spiro atoms. The molecule has 0 saturated heterocycles. The molecule has 1 aromatic rings. The maximum Gasteiger partial charge on any atom is 0.191 e. The van der Waals surface area contributed by atoms with E-state index in [9.17, 15) is 0 Å². The Hall–Kier alpha value is -1.52. The SMILES string of the molecule is CCC(C)NC(=NC)NCCCc1cnn(C)c1. The van der Waals surface area contributed by atoms with Crippen molar-refractivity contribution in [3.63, 3.8) is 0 Å². The summed E-state index contributed by atoms with van der Waals surface area (Å²) in [5.74, 6) is 0.885. The van der Waals surface area contributed by atoms with Crippen LogP contribution in [0.4, 0.5) is 0 Å². The molecule has 1 unspecified atom stereocenters. The van der Waals surface area contributed by atoms with Crippen LogP contribution in [-0.2, 0) is 13.5 Å². The third-order valence-electron chi connectivity index (χ3n) is 2.91. The van der Waals surface area contributed by atoms with Crippen molar-refractivity contribution in [3.8, 4) is 0 Å². The van der Waals surface area contributed by atoms with Crippen molar-refractivity contribution in [2.75, 3.05) is 13.6 Å². The fraction of sp³-hybridized carbons (Fsp3) is 0.692. The van der Waals surface area contributed by atoms with E-state index in [1.807, 2.05) is 17.9 Å². The van der Waals surface area contributed by atoms with Crippen molar-refractivity contribution < 1.29 is 0 Å². The summed E-state index contributed by atoms with van der Waals surface area (Å²) >= 11 is 0. The monoisotopic (exact) mass is 251 g/mol. The first-order chi connectivity index (χ1) is 8.65. The molecule has 1 heterocycles. The van der Waals surface area contributed by atoms with Crippen LogP contribution >= 0.6 is 0 Å². The van der Waals surface area contributed by atoms with Gasteiger partial charge in [0.05, 0.1) is 6.20 Å². The maximum absolute atomic E-state index is 4.20. The smallest absolute Gasteiger partial charge is 0.191 e.